The summed E-state index contributed by atoms with van der Waals surface area (Å²) >= 11 is 0. The van der Waals surface area contributed by atoms with E-state index in [1.54, 1.807) is 0 Å². The molecule has 0 saturated carbocycles. The second-order valence-electron chi connectivity index (χ2n) is 5.01. The third kappa shape index (κ3) is 3.65. The normalized spacial score (nSPS) is 20.2. The Morgan fingerprint density at radius 2 is 2.32 bits per heavy atom. The number of pyridine rings is 1. The molecule has 2 amide bonds. The summed E-state index contributed by atoms with van der Waals surface area (Å²) in [4.78, 5) is 16.6. The molecule has 1 saturated heterocycles. The van der Waals surface area contributed by atoms with E-state index in [-0.39, 0.29) is 24.3 Å². The van der Waals surface area contributed by atoms with Gasteiger partial charge in [0, 0.05) is 31.5 Å². The zero-order valence-corrected chi connectivity index (χ0v) is 11.7. The Kier molecular flexibility index (Phi) is 4.84. The van der Waals surface area contributed by atoms with E-state index in [4.69, 9.17) is 0 Å². The zero-order chi connectivity index (χ0) is 16.3. The largest absolute Gasteiger partial charge is 0.373 e. The first-order valence-corrected chi connectivity index (χ1v) is 6.49. The smallest absolute Gasteiger partial charge is 0.317 e. The predicted octanol–water partition coefficient (Wildman–Crippen LogP) is 2.19. The van der Waals surface area contributed by atoms with Crippen LogP contribution in [0.2, 0.25) is 0 Å². The molecule has 1 aromatic rings. The lowest BCUT2D eigenvalue weighted by molar-refractivity contribution is -0.0222. The quantitative estimate of drug-likeness (QED) is 0.865. The van der Waals surface area contributed by atoms with Gasteiger partial charge in [0.15, 0.2) is 0 Å². The molecule has 122 valence electrons. The molecule has 1 aromatic heterocycles. The molecule has 0 aromatic carbocycles. The number of rotatable bonds is 4. The number of carbonyl (C=O) groups is 1. The van der Waals surface area contributed by atoms with Crippen LogP contribution in [-0.2, 0) is 11.3 Å². The van der Waals surface area contributed by atoms with Crippen LogP contribution in [0.25, 0.3) is 0 Å². The summed E-state index contributed by atoms with van der Waals surface area (Å²) in [7, 11) is 1.33. The molecule has 1 N–H and O–H groups in total. The standard InChI is InChI=1S/C13H15F4N3O2/c1-20(5-8-2-3-18-4-9(8)11(14)15)12(21)19-10-6-22-7-13(10,16)17/h2-4,10-11H,5-7H2,1H3,(H,19,21)/t10-/m1/s1. The number of urea groups is 1. The summed E-state index contributed by atoms with van der Waals surface area (Å²) in [6.45, 7) is -1.18. The summed E-state index contributed by atoms with van der Waals surface area (Å²) in [6, 6.07) is -0.847. The molecule has 0 spiro atoms. The van der Waals surface area contributed by atoms with E-state index in [1.807, 2.05) is 0 Å². The molecule has 9 heteroatoms. The van der Waals surface area contributed by atoms with Crippen LogP contribution in [0.4, 0.5) is 22.4 Å². The minimum Gasteiger partial charge on any atom is -0.373 e. The number of hydrogen-bond donors (Lipinski definition) is 1. The fraction of sp³-hybridized carbons (Fsp3) is 0.538. The van der Waals surface area contributed by atoms with Crippen molar-refractivity contribution in [2.45, 2.75) is 24.9 Å². The van der Waals surface area contributed by atoms with E-state index < -0.39 is 31.0 Å². The highest BCUT2D eigenvalue weighted by atomic mass is 19.3. The average molecular weight is 321 g/mol. The van der Waals surface area contributed by atoms with Gasteiger partial charge in [-0.25, -0.2) is 22.4 Å². The van der Waals surface area contributed by atoms with Gasteiger partial charge >= 0.3 is 6.03 Å². The first-order valence-electron chi connectivity index (χ1n) is 6.49. The third-order valence-corrected chi connectivity index (χ3v) is 3.32. The molecule has 0 bridgehead atoms. The SMILES string of the molecule is CN(Cc1ccncc1C(F)F)C(=O)N[C@@H]1COCC1(F)F. The van der Waals surface area contributed by atoms with Crippen LogP contribution in [0.3, 0.4) is 0 Å². The Morgan fingerprint density at radius 3 is 2.91 bits per heavy atom. The van der Waals surface area contributed by atoms with Gasteiger partial charge in [-0.2, -0.15) is 0 Å². The molecular formula is C13H15F4N3O2. The highest BCUT2D eigenvalue weighted by Crippen LogP contribution is 2.26. The molecule has 22 heavy (non-hydrogen) atoms. The number of nitrogens with one attached hydrogen (secondary N) is 1. The van der Waals surface area contributed by atoms with Crippen molar-refractivity contribution < 1.29 is 27.1 Å². The number of nitrogens with zero attached hydrogens (tertiary/aromatic N) is 2. The Labute approximate surface area is 124 Å². The number of hydrogen-bond acceptors (Lipinski definition) is 3. The maximum Gasteiger partial charge on any atom is 0.317 e. The number of carbonyl (C=O) groups excluding carboxylic acids is 1. The minimum absolute atomic E-state index is 0.146. The van der Waals surface area contributed by atoms with Crippen molar-refractivity contribution >= 4 is 6.03 Å². The Morgan fingerprint density at radius 1 is 1.59 bits per heavy atom. The molecule has 0 unspecified atom stereocenters. The molecule has 2 rings (SSSR count). The predicted molar refractivity (Wildman–Crippen MR) is 68.7 cm³/mol. The molecule has 1 aliphatic heterocycles. The van der Waals surface area contributed by atoms with Gasteiger partial charge in [-0.3, -0.25) is 4.98 Å². The number of ether oxygens (including phenoxy) is 1. The fourth-order valence-corrected chi connectivity index (χ4v) is 2.05. The van der Waals surface area contributed by atoms with Gasteiger partial charge in [-0.15, -0.1) is 0 Å². The van der Waals surface area contributed by atoms with E-state index >= 15 is 0 Å². The maximum atomic E-state index is 13.4. The van der Waals surface area contributed by atoms with Crippen LogP contribution in [0.15, 0.2) is 18.5 Å². The van der Waals surface area contributed by atoms with Gasteiger partial charge in [0.25, 0.3) is 12.3 Å². The first kappa shape index (κ1) is 16.5. The van der Waals surface area contributed by atoms with Crippen LogP contribution in [0.1, 0.15) is 17.6 Å². The number of aromatic nitrogens is 1. The van der Waals surface area contributed by atoms with Crippen LogP contribution in [-0.4, -0.2) is 48.1 Å². The average Bonchev–Trinajstić information content (AvgIpc) is 2.78. The molecule has 0 radical (unpaired) electrons. The lowest BCUT2D eigenvalue weighted by Crippen LogP contribution is -2.50. The monoisotopic (exact) mass is 321 g/mol. The topological polar surface area (TPSA) is 54.5 Å². The van der Waals surface area contributed by atoms with Gasteiger partial charge in [0.2, 0.25) is 0 Å². The second-order valence-corrected chi connectivity index (χ2v) is 5.01. The Balaban J connectivity index is 2.00. The summed E-state index contributed by atoms with van der Waals surface area (Å²) in [6.07, 6.45) is -0.385. The summed E-state index contributed by atoms with van der Waals surface area (Å²) in [5, 5.41) is 2.15. The summed E-state index contributed by atoms with van der Waals surface area (Å²) in [5.41, 5.74) is -0.0891. The molecule has 1 fully saturated rings. The van der Waals surface area contributed by atoms with Crippen molar-refractivity contribution in [1.82, 2.24) is 15.2 Å². The van der Waals surface area contributed by atoms with Gasteiger partial charge in [0.1, 0.15) is 12.6 Å². The summed E-state index contributed by atoms with van der Waals surface area (Å²) < 4.78 is 57.0. The lowest BCUT2D eigenvalue weighted by atomic mass is 10.1. The van der Waals surface area contributed by atoms with Gasteiger partial charge in [0.05, 0.1) is 6.61 Å². The van der Waals surface area contributed by atoms with Crippen LogP contribution < -0.4 is 5.32 Å². The molecule has 5 nitrogen and oxygen atoms in total. The number of halogens is 4. The van der Waals surface area contributed by atoms with E-state index in [9.17, 15) is 22.4 Å². The summed E-state index contributed by atoms with van der Waals surface area (Å²) in [5.74, 6) is -3.14. The van der Waals surface area contributed by atoms with Crippen LogP contribution in [0, 0.1) is 0 Å². The lowest BCUT2D eigenvalue weighted by Gasteiger charge is -2.24. The molecular weight excluding hydrogens is 306 g/mol. The second kappa shape index (κ2) is 6.47. The van der Waals surface area contributed by atoms with Crippen molar-refractivity contribution in [2.24, 2.45) is 0 Å². The van der Waals surface area contributed by atoms with Crippen molar-refractivity contribution in [3.8, 4) is 0 Å². The Bertz CT molecular complexity index is 542. The van der Waals surface area contributed by atoms with E-state index in [0.717, 1.165) is 11.1 Å². The van der Waals surface area contributed by atoms with Crippen molar-refractivity contribution in [3.05, 3.63) is 29.6 Å². The van der Waals surface area contributed by atoms with E-state index in [0.29, 0.717) is 0 Å². The van der Waals surface area contributed by atoms with Crippen molar-refractivity contribution in [2.75, 3.05) is 20.3 Å². The third-order valence-electron chi connectivity index (χ3n) is 3.32. The first-order chi connectivity index (χ1) is 10.3. The van der Waals surface area contributed by atoms with Gasteiger partial charge in [-0.05, 0) is 11.6 Å². The van der Waals surface area contributed by atoms with Crippen molar-refractivity contribution in [3.63, 3.8) is 0 Å². The highest BCUT2D eigenvalue weighted by molar-refractivity contribution is 5.74. The Hall–Kier alpha value is -1.90. The minimum atomic E-state index is -3.14. The molecule has 0 aliphatic carbocycles. The van der Waals surface area contributed by atoms with E-state index in [1.165, 1.54) is 19.3 Å². The van der Waals surface area contributed by atoms with Crippen LogP contribution in [0.5, 0.6) is 0 Å². The van der Waals surface area contributed by atoms with E-state index in [2.05, 4.69) is 15.0 Å². The maximum absolute atomic E-state index is 13.4. The van der Waals surface area contributed by atoms with Gasteiger partial charge in [-0.1, -0.05) is 0 Å². The molecule has 2 heterocycles. The zero-order valence-electron chi connectivity index (χ0n) is 11.7. The van der Waals surface area contributed by atoms with Crippen LogP contribution >= 0.6 is 0 Å². The molecule has 1 aliphatic rings. The molecule has 1 atom stereocenters. The highest BCUT2D eigenvalue weighted by Gasteiger charge is 2.46. The van der Waals surface area contributed by atoms with Gasteiger partial charge < -0.3 is 15.0 Å². The number of alkyl halides is 4. The fourth-order valence-electron chi connectivity index (χ4n) is 2.05. The van der Waals surface area contributed by atoms with Crippen molar-refractivity contribution in [1.29, 1.82) is 0 Å². The number of amides is 2.